The summed E-state index contributed by atoms with van der Waals surface area (Å²) in [6, 6.07) is -0.396. The predicted octanol–water partition coefficient (Wildman–Crippen LogP) is 5.52. The fourth-order valence-electron chi connectivity index (χ4n) is 3.19. The molecule has 1 unspecified atom stereocenters. The topological polar surface area (TPSA) is 49.3 Å². The second kappa shape index (κ2) is 20.7. The predicted molar refractivity (Wildman–Crippen MR) is 112 cm³/mol. The molecule has 0 aliphatic carbocycles. The molecule has 0 aliphatic rings. The minimum atomic E-state index is -0.727. The number of rotatable bonds is 18. The number of aliphatic carboxylic acids is 1. The van der Waals surface area contributed by atoms with E-state index in [-0.39, 0.29) is 35.5 Å². The van der Waals surface area contributed by atoms with Gasteiger partial charge in [-0.2, -0.15) is 0 Å². The molecular formula is C21H44NNaO2. The summed E-state index contributed by atoms with van der Waals surface area (Å²) in [5, 5.41) is 12.3. The number of carboxylic acids is 1. The Hall–Kier alpha value is 0.430. The molecule has 0 saturated carbocycles. The Balaban J connectivity index is 0. The third-order valence-electron chi connectivity index (χ3n) is 4.83. The molecule has 0 aromatic carbocycles. The van der Waals surface area contributed by atoms with E-state index in [2.05, 4.69) is 12.2 Å². The van der Waals surface area contributed by atoms with Crippen LogP contribution >= 0.6 is 0 Å². The first-order chi connectivity index (χ1) is 11.6. The molecule has 0 aliphatic heterocycles. The maximum atomic E-state index is 11.1. The molecule has 2 N–H and O–H groups in total. The Kier molecular flexibility index (Phi) is 22.9. The van der Waals surface area contributed by atoms with Gasteiger partial charge in [0.1, 0.15) is 6.04 Å². The van der Waals surface area contributed by atoms with Gasteiger partial charge in [0.25, 0.3) is 0 Å². The van der Waals surface area contributed by atoms with E-state index >= 15 is 0 Å². The molecule has 146 valence electrons. The Labute approximate surface area is 179 Å². The SMILES string of the molecule is CCCCCCCCCCCCCCCCNC(C(=O)O)C(C)C.[NaH]. The van der Waals surface area contributed by atoms with Crippen LogP contribution in [0.2, 0.25) is 0 Å². The molecule has 3 nitrogen and oxygen atoms in total. The number of nitrogens with one attached hydrogen (secondary N) is 1. The molecule has 0 rings (SSSR count). The van der Waals surface area contributed by atoms with Crippen LogP contribution in [-0.2, 0) is 4.79 Å². The van der Waals surface area contributed by atoms with Crippen LogP contribution in [0.4, 0.5) is 0 Å². The number of unbranched alkanes of at least 4 members (excludes halogenated alkanes) is 13. The van der Waals surface area contributed by atoms with Crippen molar-refractivity contribution in [1.29, 1.82) is 0 Å². The second-order valence-corrected chi connectivity index (χ2v) is 7.61. The van der Waals surface area contributed by atoms with E-state index in [1.54, 1.807) is 0 Å². The van der Waals surface area contributed by atoms with E-state index in [1.165, 1.54) is 83.5 Å². The molecule has 0 saturated heterocycles. The Bertz CT molecular complexity index is 285. The van der Waals surface area contributed by atoms with Crippen LogP contribution in [0.5, 0.6) is 0 Å². The first kappa shape index (κ1) is 27.6. The first-order valence-corrected chi connectivity index (χ1v) is 10.6. The van der Waals surface area contributed by atoms with Gasteiger partial charge >= 0.3 is 35.5 Å². The van der Waals surface area contributed by atoms with Crippen LogP contribution in [0.25, 0.3) is 0 Å². The number of carbonyl (C=O) groups is 1. The molecule has 25 heavy (non-hydrogen) atoms. The molecule has 0 spiro atoms. The molecule has 0 heterocycles. The fourth-order valence-corrected chi connectivity index (χ4v) is 3.19. The normalized spacial score (nSPS) is 12.2. The summed E-state index contributed by atoms with van der Waals surface area (Å²) >= 11 is 0. The van der Waals surface area contributed by atoms with Gasteiger partial charge in [0.05, 0.1) is 0 Å². The van der Waals surface area contributed by atoms with Crippen LogP contribution in [-0.4, -0.2) is 53.2 Å². The van der Waals surface area contributed by atoms with Crippen LogP contribution in [0, 0.1) is 5.92 Å². The van der Waals surface area contributed by atoms with Crippen molar-refractivity contribution in [1.82, 2.24) is 5.32 Å². The Morgan fingerprint density at radius 2 is 1.12 bits per heavy atom. The molecule has 0 aromatic heterocycles. The maximum absolute atomic E-state index is 11.1. The van der Waals surface area contributed by atoms with Gasteiger partial charge in [0, 0.05) is 0 Å². The zero-order valence-corrected chi connectivity index (χ0v) is 16.6. The third-order valence-corrected chi connectivity index (χ3v) is 4.83. The summed E-state index contributed by atoms with van der Waals surface area (Å²) < 4.78 is 0. The van der Waals surface area contributed by atoms with Gasteiger partial charge in [-0.3, -0.25) is 4.79 Å². The standard InChI is InChI=1S/C21H43NO2.Na.H/c1-4-5-6-7-8-9-10-11-12-13-14-15-16-17-18-22-20(19(2)3)21(23)24;;/h19-20,22H,4-18H2,1-3H3,(H,23,24);;. The average Bonchev–Trinajstić information content (AvgIpc) is 2.53. The van der Waals surface area contributed by atoms with Crippen LogP contribution in [0.1, 0.15) is 111 Å². The van der Waals surface area contributed by atoms with E-state index in [0.717, 1.165) is 13.0 Å². The number of carboxylic acid groups (broad SMARTS) is 1. The molecule has 0 radical (unpaired) electrons. The van der Waals surface area contributed by atoms with Crippen molar-refractivity contribution in [2.45, 2.75) is 117 Å². The monoisotopic (exact) mass is 365 g/mol. The van der Waals surface area contributed by atoms with Gasteiger partial charge in [0.2, 0.25) is 0 Å². The van der Waals surface area contributed by atoms with Gasteiger partial charge in [-0.25, -0.2) is 0 Å². The summed E-state index contributed by atoms with van der Waals surface area (Å²) in [4.78, 5) is 11.1. The second-order valence-electron chi connectivity index (χ2n) is 7.61. The minimum absolute atomic E-state index is 0. The van der Waals surface area contributed by atoms with E-state index in [0.29, 0.717) is 0 Å². The zero-order chi connectivity index (χ0) is 18.0. The van der Waals surface area contributed by atoms with Crippen molar-refractivity contribution >= 4 is 35.5 Å². The van der Waals surface area contributed by atoms with Gasteiger partial charge in [-0.15, -0.1) is 0 Å². The summed E-state index contributed by atoms with van der Waals surface area (Å²) in [6.45, 7) is 7.01. The molecule has 0 bridgehead atoms. The van der Waals surface area contributed by atoms with Crippen molar-refractivity contribution in [3.63, 3.8) is 0 Å². The molecule has 0 aromatic rings. The summed E-state index contributed by atoms with van der Waals surface area (Å²) in [5.41, 5.74) is 0. The summed E-state index contributed by atoms with van der Waals surface area (Å²) in [5.74, 6) is -0.579. The van der Waals surface area contributed by atoms with Crippen molar-refractivity contribution in [2.75, 3.05) is 6.54 Å². The first-order valence-electron chi connectivity index (χ1n) is 10.6. The zero-order valence-electron chi connectivity index (χ0n) is 16.6. The average molecular weight is 366 g/mol. The Morgan fingerprint density at radius 1 is 0.760 bits per heavy atom. The Morgan fingerprint density at radius 3 is 1.44 bits per heavy atom. The van der Waals surface area contributed by atoms with E-state index in [1.807, 2.05) is 13.8 Å². The van der Waals surface area contributed by atoms with Crippen molar-refractivity contribution in [3.05, 3.63) is 0 Å². The van der Waals surface area contributed by atoms with E-state index in [4.69, 9.17) is 5.11 Å². The van der Waals surface area contributed by atoms with Crippen molar-refractivity contribution in [3.8, 4) is 0 Å². The third kappa shape index (κ3) is 19.0. The van der Waals surface area contributed by atoms with Crippen LogP contribution in [0.3, 0.4) is 0 Å². The fraction of sp³-hybridized carbons (Fsp3) is 0.952. The number of hydrogen-bond donors (Lipinski definition) is 2. The summed E-state index contributed by atoms with van der Waals surface area (Å²) in [6.07, 6.45) is 19.0. The van der Waals surface area contributed by atoms with Gasteiger partial charge < -0.3 is 10.4 Å². The van der Waals surface area contributed by atoms with Gasteiger partial charge in [-0.05, 0) is 18.9 Å². The molecular weight excluding hydrogens is 321 g/mol. The number of hydrogen-bond acceptors (Lipinski definition) is 2. The quantitative estimate of drug-likeness (QED) is 0.248. The van der Waals surface area contributed by atoms with Gasteiger partial charge in [0.15, 0.2) is 0 Å². The van der Waals surface area contributed by atoms with Crippen molar-refractivity contribution in [2.24, 2.45) is 5.92 Å². The molecule has 0 amide bonds. The van der Waals surface area contributed by atoms with Gasteiger partial charge in [-0.1, -0.05) is 104 Å². The summed E-state index contributed by atoms with van der Waals surface area (Å²) in [7, 11) is 0. The van der Waals surface area contributed by atoms with Crippen molar-refractivity contribution < 1.29 is 9.90 Å². The van der Waals surface area contributed by atoms with Crippen LogP contribution < -0.4 is 5.32 Å². The van der Waals surface area contributed by atoms with Crippen LogP contribution in [0.15, 0.2) is 0 Å². The van der Waals surface area contributed by atoms with E-state index < -0.39 is 12.0 Å². The molecule has 1 atom stereocenters. The van der Waals surface area contributed by atoms with E-state index in [9.17, 15) is 4.79 Å². The molecule has 0 fully saturated rings. The molecule has 4 heteroatoms.